The molecule has 0 aromatic heterocycles. The predicted octanol–water partition coefficient (Wildman–Crippen LogP) is 4.65. The van der Waals surface area contributed by atoms with Gasteiger partial charge in [-0.2, -0.15) is 0 Å². The van der Waals surface area contributed by atoms with E-state index in [-0.39, 0.29) is 17.4 Å². The molecule has 28 heavy (non-hydrogen) atoms. The van der Waals surface area contributed by atoms with E-state index in [1.54, 1.807) is 48.5 Å². The molecule has 0 fully saturated rings. The quantitative estimate of drug-likeness (QED) is 0.539. The van der Waals surface area contributed by atoms with Crippen molar-refractivity contribution in [2.24, 2.45) is 0 Å². The first-order chi connectivity index (χ1) is 13.4. The lowest BCUT2D eigenvalue weighted by molar-refractivity contribution is 0.0696. The number of hydrogen-bond acceptors (Lipinski definition) is 3. The maximum atomic E-state index is 12.4. The first-order valence-corrected chi connectivity index (χ1v) is 9.03. The fourth-order valence-corrected chi connectivity index (χ4v) is 2.71. The molecule has 0 bridgehead atoms. The Morgan fingerprint density at radius 2 is 1.25 bits per heavy atom. The Labute approximate surface area is 169 Å². The van der Waals surface area contributed by atoms with Gasteiger partial charge in [-0.1, -0.05) is 22.0 Å². The van der Waals surface area contributed by atoms with Crippen LogP contribution in [0.5, 0.6) is 0 Å². The highest BCUT2D eigenvalue weighted by molar-refractivity contribution is 9.10. The van der Waals surface area contributed by atoms with E-state index in [1.165, 1.54) is 24.3 Å². The largest absolute Gasteiger partial charge is 0.478 e. The second-order valence-electron chi connectivity index (χ2n) is 5.88. The molecule has 3 N–H and O–H groups in total. The highest BCUT2D eigenvalue weighted by Gasteiger charge is 2.10. The number of benzene rings is 3. The Morgan fingerprint density at radius 3 is 1.89 bits per heavy atom. The summed E-state index contributed by atoms with van der Waals surface area (Å²) < 4.78 is 0.874. The van der Waals surface area contributed by atoms with Crippen LogP contribution < -0.4 is 10.6 Å². The summed E-state index contributed by atoms with van der Waals surface area (Å²) >= 11 is 3.32. The van der Waals surface area contributed by atoms with Gasteiger partial charge < -0.3 is 15.7 Å². The number of aromatic carboxylic acids is 1. The third kappa shape index (κ3) is 4.83. The van der Waals surface area contributed by atoms with Crippen molar-refractivity contribution in [1.29, 1.82) is 0 Å². The molecule has 0 radical (unpaired) electrons. The van der Waals surface area contributed by atoms with E-state index in [2.05, 4.69) is 26.6 Å². The van der Waals surface area contributed by atoms with Crippen LogP contribution in [-0.4, -0.2) is 22.9 Å². The lowest BCUT2D eigenvalue weighted by Crippen LogP contribution is -2.14. The SMILES string of the molecule is O=C(O)c1ccc(NC(=O)c2cccc(NC(=O)c3ccc(Br)cc3)c2)cc1. The minimum absolute atomic E-state index is 0.135. The summed E-state index contributed by atoms with van der Waals surface area (Å²) in [5.41, 5.74) is 1.95. The topological polar surface area (TPSA) is 95.5 Å². The molecule has 7 heteroatoms. The maximum absolute atomic E-state index is 12.4. The molecule has 2 amide bonds. The average Bonchev–Trinajstić information content (AvgIpc) is 2.69. The van der Waals surface area contributed by atoms with Gasteiger partial charge in [0.25, 0.3) is 11.8 Å². The summed E-state index contributed by atoms with van der Waals surface area (Å²) in [6, 6.07) is 19.3. The Bertz CT molecular complexity index is 1030. The normalized spacial score (nSPS) is 10.2. The molecule has 140 valence electrons. The van der Waals surface area contributed by atoms with Crippen molar-refractivity contribution >= 4 is 45.1 Å². The van der Waals surface area contributed by atoms with E-state index in [1.807, 2.05) is 0 Å². The second kappa shape index (κ2) is 8.49. The summed E-state index contributed by atoms with van der Waals surface area (Å²) in [7, 11) is 0. The number of carbonyl (C=O) groups is 3. The lowest BCUT2D eigenvalue weighted by Gasteiger charge is -2.09. The highest BCUT2D eigenvalue weighted by atomic mass is 79.9. The number of halogens is 1. The number of carbonyl (C=O) groups excluding carboxylic acids is 2. The molecule has 3 rings (SSSR count). The van der Waals surface area contributed by atoms with Crippen LogP contribution in [0.2, 0.25) is 0 Å². The first-order valence-electron chi connectivity index (χ1n) is 8.24. The molecule has 0 unspecified atom stereocenters. The fourth-order valence-electron chi connectivity index (χ4n) is 2.44. The van der Waals surface area contributed by atoms with E-state index in [9.17, 15) is 14.4 Å². The zero-order chi connectivity index (χ0) is 20.1. The van der Waals surface area contributed by atoms with Gasteiger partial charge in [-0.3, -0.25) is 9.59 Å². The lowest BCUT2D eigenvalue weighted by atomic mass is 10.1. The monoisotopic (exact) mass is 438 g/mol. The van der Waals surface area contributed by atoms with Gasteiger partial charge in [0.1, 0.15) is 0 Å². The zero-order valence-electron chi connectivity index (χ0n) is 14.5. The van der Waals surface area contributed by atoms with Crippen molar-refractivity contribution in [3.8, 4) is 0 Å². The number of anilines is 2. The summed E-state index contributed by atoms with van der Waals surface area (Å²) in [4.78, 5) is 35.6. The number of hydrogen-bond donors (Lipinski definition) is 3. The van der Waals surface area contributed by atoms with Gasteiger partial charge in [0.05, 0.1) is 5.56 Å². The molecule has 3 aromatic rings. The smallest absolute Gasteiger partial charge is 0.335 e. The minimum Gasteiger partial charge on any atom is -0.478 e. The third-order valence-corrected chi connectivity index (χ3v) is 4.41. The Morgan fingerprint density at radius 1 is 0.679 bits per heavy atom. The Hall–Kier alpha value is -3.45. The van der Waals surface area contributed by atoms with Crippen molar-refractivity contribution < 1.29 is 19.5 Å². The van der Waals surface area contributed by atoms with Gasteiger partial charge >= 0.3 is 5.97 Å². The maximum Gasteiger partial charge on any atom is 0.335 e. The van der Waals surface area contributed by atoms with Gasteiger partial charge in [0.15, 0.2) is 0 Å². The number of rotatable bonds is 5. The molecule has 0 spiro atoms. The van der Waals surface area contributed by atoms with Gasteiger partial charge in [-0.05, 0) is 66.7 Å². The van der Waals surface area contributed by atoms with Crippen LogP contribution in [0.15, 0.2) is 77.3 Å². The van der Waals surface area contributed by atoms with E-state index in [4.69, 9.17) is 5.11 Å². The minimum atomic E-state index is -1.04. The first kappa shape index (κ1) is 19.3. The van der Waals surface area contributed by atoms with E-state index < -0.39 is 5.97 Å². The van der Waals surface area contributed by atoms with Crippen molar-refractivity contribution in [3.63, 3.8) is 0 Å². The Balaban J connectivity index is 1.69. The van der Waals surface area contributed by atoms with E-state index in [0.29, 0.717) is 22.5 Å². The number of nitrogens with one attached hydrogen (secondary N) is 2. The Kier molecular flexibility index (Phi) is 5.86. The van der Waals surface area contributed by atoms with Crippen LogP contribution in [-0.2, 0) is 0 Å². The van der Waals surface area contributed by atoms with Crippen molar-refractivity contribution in [1.82, 2.24) is 0 Å². The van der Waals surface area contributed by atoms with Gasteiger partial charge in [-0.25, -0.2) is 4.79 Å². The molecule has 0 saturated carbocycles. The van der Waals surface area contributed by atoms with Crippen molar-refractivity contribution in [2.75, 3.05) is 10.6 Å². The second-order valence-corrected chi connectivity index (χ2v) is 6.79. The van der Waals surface area contributed by atoms with Crippen molar-refractivity contribution in [3.05, 3.63) is 94.0 Å². The van der Waals surface area contributed by atoms with Crippen LogP contribution in [0.4, 0.5) is 11.4 Å². The third-order valence-electron chi connectivity index (χ3n) is 3.88. The molecular formula is C21H15BrN2O4. The molecule has 6 nitrogen and oxygen atoms in total. The molecule has 3 aromatic carbocycles. The van der Waals surface area contributed by atoms with Crippen LogP contribution in [0.1, 0.15) is 31.1 Å². The summed E-state index contributed by atoms with van der Waals surface area (Å²) in [6.45, 7) is 0. The van der Waals surface area contributed by atoms with E-state index in [0.717, 1.165) is 4.47 Å². The molecule has 0 heterocycles. The van der Waals surface area contributed by atoms with Gasteiger partial charge in [0, 0.05) is 27.0 Å². The molecular weight excluding hydrogens is 424 g/mol. The summed E-state index contributed by atoms with van der Waals surface area (Å²) in [5.74, 6) is -1.69. The van der Waals surface area contributed by atoms with Crippen molar-refractivity contribution in [2.45, 2.75) is 0 Å². The number of carboxylic acid groups (broad SMARTS) is 1. The average molecular weight is 439 g/mol. The zero-order valence-corrected chi connectivity index (χ0v) is 16.1. The summed E-state index contributed by atoms with van der Waals surface area (Å²) in [6.07, 6.45) is 0. The van der Waals surface area contributed by atoms with E-state index >= 15 is 0 Å². The fraction of sp³-hybridized carbons (Fsp3) is 0. The standard InChI is InChI=1S/C21H15BrN2O4/c22-16-8-4-13(5-9-16)19(25)24-18-3-1-2-15(12-18)20(26)23-17-10-6-14(7-11-17)21(27)28/h1-12H,(H,23,26)(H,24,25)(H,27,28). The molecule has 0 atom stereocenters. The summed E-state index contributed by atoms with van der Waals surface area (Å²) in [5, 5.41) is 14.4. The van der Waals surface area contributed by atoms with Crippen LogP contribution in [0.3, 0.4) is 0 Å². The molecule has 0 aliphatic rings. The molecule has 0 aliphatic carbocycles. The van der Waals surface area contributed by atoms with Crippen LogP contribution in [0.25, 0.3) is 0 Å². The highest BCUT2D eigenvalue weighted by Crippen LogP contribution is 2.16. The number of carboxylic acids is 1. The van der Waals surface area contributed by atoms with Gasteiger partial charge in [-0.15, -0.1) is 0 Å². The van der Waals surface area contributed by atoms with Crippen LogP contribution in [0, 0.1) is 0 Å². The van der Waals surface area contributed by atoms with Crippen LogP contribution >= 0.6 is 15.9 Å². The van der Waals surface area contributed by atoms with Gasteiger partial charge in [0.2, 0.25) is 0 Å². The molecule has 0 saturated heterocycles. The predicted molar refractivity (Wildman–Crippen MR) is 110 cm³/mol. The molecule has 0 aliphatic heterocycles. The number of amides is 2.